The van der Waals surface area contributed by atoms with E-state index in [2.05, 4.69) is 0 Å². The lowest BCUT2D eigenvalue weighted by Crippen LogP contribution is -2.45. The van der Waals surface area contributed by atoms with E-state index < -0.39 is 18.2 Å². The fraction of sp³-hybridized carbons (Fsp3) is 0.909. The third-order valence-electron chi connectivity index (χ3n) is 3.56. The third-order valence-corrected chi connectivity index (χ3v) is 3.56. The van der Waals surface area contributed by atoms with E-state index in [-0.39, 0.29) is 24.7 Å². The molecule has 6 heteroatoms. The summed E-state index contributed by atoms with van der Waals surface area (Å²) < 4.78 is 36.9. The highest BCUT2D eigenvalue weighted by molar-refractivity contribution is 5.81. The minimum absolute atomic E-state index is 0.0740. The molecule has 0 radical (unpaired) electrons. The number of nitrogens with zero attached hydrogens (tertiary/aromatic N) is 1. The maximum Gasteiger partial charge on any atom is 0.414 e. The quantitative estimate of drug-likeness (QED) is 0.809. The monoisotopic (exact) mass is 251 g/mol. The lowest BCUT2D eigenvalue weighted by molar-refractivity contribution is -0.223. The molecule has 1 saturated carbocycles. The number of hydrogen-bond donors (Lipinski definition) is 1. The van der Waals surface area contributed by atoms with E-state index in [9.17, 15) is 18.0 Å². The van der Waals surface area contributed by atoms with Gasteiger partial charge in [-0.05, 0) is 31.6 Å². The van der Waals surface area contributed by atoms with Crippen molar-refractivity contribution in [2.45, 2.75) is 38.0 Å². The molecule has 2 aliphatic rings. The van der Waals surface area contributed by atoms with Crippen LogP contribution in [0.4, 0.5) is 13.2 Å². The first-order chi connectivity index (χ1) is 7.89. The van der Waals surface area contributed by atoms with Crippen LogP contribution in [0.5, 0.6) is 0 Å². The summed E-state index contributed by atoms with van der Waals surface area (Å²) >= 11 is 0. The molecule has 0 aromatic heterocycles. The first kappa shape index (κ1) is 12.7. The fourth-order valence-electron chi connectivity index (χ4n) is 2.29. The van der Waals surface area contributed by atoms with Gasteiger partial charge in [0, 0.05) is 19.0 Å². The number of carbonyl (C=O) groups is 1. The van der Waals surface area contributed by atoms with Crippen molar-refractivity contribution in [3.8, 4) is 0 Å². The van der Waals surface area contributed by atoms with Gasteiger partial charge in [0.25, 0.3) is 0 Å². The van der Waals surface area contributed by atoms with Gasteiger partial charge in [0.05, 0.1) is 0 Å². The van der Waals surface area contributed by atoms with Gasteiger partial charge in [-0.1, -0.05) is 0 Å². The van der Waals surface area contributed by atoms with E-state index in [0.717, 1.165) is 12.8 Å². The molecule has 2 rings (SSSR count). The van der Waals surface area contributed by atoms with Gasteiger partial charge in [-0.15, -0.1) is 0 Å². The van der Waals surface area contributed by atoms with Crippen molar-refractivity contribution >= 4 is 5.91 Å². The molecule has 0 aromatic rings. The fourth-order valence-corrected chi connectivity index (χ4v) is 2.29. The molecule has 0 spiro atoms. The van der Waals surface area contributed by atoms with E-state index in [1.54, 1.807) is 4.90 Å². The van der Waals surface area contributed by atoms with Gasteiger partial charge >= 0.3 is 6.18 Å². The highest BCUT2D eigenvalue weighted by Crippen LogP contribution is 2.35. The second-order valence-electron chi connectivity index (χ2n) is 4.92. The van der Waals surface area contributed by atoms with Gasteiger partial charge in [0.15, 0.2) is 6.10 Å². The van der Waals surface area contributed by atoms with Crippen LogP contribution in [-0.2, 0) is 4.79 Å². The molecule has 2 fully saturated rings. The first-order valence-electron chi connectivity index (χ1n) is 5.93. The Morgan fingerprint density at radius 3 is 2.12 bits per heavy atom. The maximum atomic E-state index is 12.3. The summed E-state index contributed by atoms with van der Waals surface area (Å²) in [5, 5.41) is 9.13. The second kappa shape index (κ2) is 4.48. The van der Waals surface area contributed by atoms with Gasteiger partial charge in [0.1, 0.15) is 0 Å². The zero-order valence-electron chi connectivity index (χ0n) is 9.41. The van der Waals surface area contributed by atoms with Crippen molar-refractivity contribution in [1.29, 1.82) is 0 Å². The largest absolute Gasteiger partial charge is 0.414 e. The van der Waals surface area contributed by atoms with Gasteiger partial charge in [-0.25, -0.2) is 0 Å². The lowest BCUT2D eigenvalue weighted by atomic mass is 9.90. The number of piperidine rings is 1. The minimum Gasteiger partial charge on any atom is -0.383 e. The molecule has 17 heavy (non-hydrogen) atoms. The Kier molecular flexibility index (Phi) is 3.34. The lowest BCUT2D eigenvalue weighted by Gasteiger charge is -2.34. The molecule has 1 aliphatic heterocycles. The molecule has 3 nitrogen and oxygen atoms in total. The van der Waals surface area contributed by atoms with Crippen molar-refractivity contribution in [3.63, 3.8) is 0 Å². The first-order valence-corrected chi connectivity index (χ1v) is 5.93. The highest BCUT2D eigenvalue weighted by atomic mass is 19.4. The third kappa shape index (κ3) is 2.91. The van der Waals surface area contributed by atoms with Crippen LogP contribution in [0.3, 0.4) is 0 Å². The SMILES string of the molecule is O=C(C1CC1)N1CCC(C(O)C(F)(F)F)CC1. The summed E-state index contributed by atoms with van der Waals surface area (Å²) in [6, 6.07) is 0. The summed E-state index contributed by atoms with van der Waals surface area (Å²) in [6.45, 7) is 0.681. The summed E-state index contributed by atoms with van der Waals surface area (Å²) in [5.74, 6) is -0.581. The van der Waals surface area contributed by atoms with Crippen molar-refractivity contribution in [2.24, 2.45) is 11.8 Å². The molecule has 0 aromatic carbocycles. The number of likely N-dealkylation sites (tertiary alicyclic amines) is 1. The van der Waals surface area contributed by atoms with E-state index in [1.807, 2.05) is 0 Å². The summed E-state index contributed by atoms with van der Waals surface area (Å²) in [7, 11) is 0. The molecule has 1 N–H and O–H groups in total. The van der Waals surface area contributed by atoms with E-state index in [4.69, 9.17) is 5.11 Å². The van der Waals surface area contributed by atoms with E-state index in [1.165, 1.54) is 0 Å². The Hall–Kier alpha value is -0.780. The number of aliphatic hydroxyl groups is 1. The zero-order chi connectivity index (χ0) is 12.6. The normalized spacial score (nSPS) is 24.8. The molecule has 1 heterocycles. The maximum absolute atomic E-state index is 12.3. The summed E-state index contributed by atoms with van der Waals surface area (Å²) in [6.07, 6.45) is -4.51. The number of carbonyl (C=O) groups excluding carboxylic acids is 1. The Morgan fingerprint density at radius 1 is 1.18 bits per heavy atom. The van der Waals surface area contributed by atoms with Crippen LogP contribution in [0.25, 0.3) is 0 Å². The van der Waals surface area contributed by atoms with Crippen LogP contribution in [0, 0.1) is 11.8 Å². The molecular weight excluding hydrogens is 235 g/mol. The number of hydrogen-bond acceptors (Lipinski definition) is 2. The number of rotatable bonds is 2. The molecule has 98 valence electrons. The molecular formula is C11H16F3NO2. The van der Waals surface area contributed by atoms with Crippen molar-refractivity contribution in [1.82, 2.24) is 4.90 Å². The Labute approximate surface area is 97.6 Å². The number of aliphatic hydroxyl groups excluding tert-OH is 1. The van der Waals surface area contributed by atoms with Gasteiger partial charge in [-0.2, -0.15) is 13.2 Å². The number of alkyl halides is 3. The summed E-state index contributed by atoms with van der Waals surface area (Å²) in [4.78, 5) is 13.3. The Bertz CT molecular complexity index is 294. The number of halogens is 3. The van der Waals surface area contributed by atoms with Gasteiger partial charge < -0.3 is 10.0 Å². The second-order valence-corrected chi connectivity index (χ2v) is 4.92. The minimum atomic E-state index is -4.55. The van der Waals surface area contributed by atoms with Crippen LogP contribution in [0.15, 0.2) is 0 Å². The Morgan fingerprint density at radius 2 is 1.71 bits per heavy atom. The van der Waals surface area contributed by atoms with E-state index >= 15 is 0 Å². The topological polar surface area (TPSA) is 40.5 Å². The molecule has 1 aliphatic carbocycles. The number of amides is 1. The van der Waals surface area contributed by atoms with Gasteiger partial charge in [0.2, 0.25) is 5.91 Å². The van der Waals surface area contributed by atoms with Crippen LogP contribution in [-0.4, -0.2) is 41.3 Å². The average molecular weight is 251 g/mol. The van der Waals surface area contributed by atoms with E-state index in [0.29, 0.717) is 13.1 Å². The standard InChI is InChI=1S/C11H16F3NO2/c12-11(13,14)9(16)7-3-5-15(6-4-7)10(17)8-1-2-8/h7-9,16H,1-6H2. The molecule has 1 atom stereocenters. The summed E-state index contributed by atoms with van der Waals surface area (Å²) in [5.41, 5.74) is 0. The molecule has 1 unspecified atom stereocenters. The predicted octanol–water partition coefficient (Wildman–Crippen LogP) is 1.56. The van der Waals surface area contributed by atoms with Crippen molar-refractivity contribution in [2.75, 3.05) is 13.1 Å². The van der Waals surface area contributed by atoms with Gasteiger partial charge in [-0.3, -0.25) is 4.79 Å². The van der Waals surface area contributed by atoms with Crippen molar-refractivity contribution < 1.29 is 23.1 Å². The van der Waals surface area contributed by atoms with Crippen LogP contribution in [0.1, 0.15) is 25.7 Å². The Balaban J connectivity index is 1.83. The molecule has 1 amide bonds. The van der Waals surface area contributed by atoms with Crippen LogP contribution in [0.2, 0.25) is 0 Å². The van der Waals surface area contributed by atoms with Crippen LogP contribution < -0.4 is 0 Å². The van der Waals surface area contributed by atoms with Crippen LogP contribution >= 0.6 is 0 Å². The molecule has 0 bridgehead atoms. The smallest absolute Gasteiger partial charge is 0.383 e. The molecule has 1 saturated heterocycles. The predicted molar refractivity (Wildman–Crippen MR) is 54.1 cm³/mol. The highest BCUT2D eigenvalue weighted by Gasteiger charge is 2.45. The average Bonchev–Trinajstić information content (AvgIpc) is 3.10. The zero-order valence-corrected chi connectivity index (χ0v) is 9.41. The van der Waals surface area contributed by atoms with Crippen molar-refractivity contribution in [3.05, 3.63) is 0 Å².